The molecule has 3 nitrogen and oxygen atoms in total. The number of hydrogen-bond acceptors (Lipinski definition) is 3. The van der Waals surface area contributed by atoms with E-state index in [1.165, 1.54) is 16.9 Å². The first-order valence-corrected chi connectivity index (χ1v) is 6.08. The number of para-hydroxylation sites is 1. The number of rotatable bonds is 2. The van der Waals surface area contributed by atoms with Crippen molar-refractivity contribution < 1.29 is 4.74 Å². The molecule has 16 heavy (non-hydrogen) atoms. The second-order valence-electron chi connectivity index (χ2n) is 3.87. The molecule has 2 aromatic rings. The Labute approximate surface area is 96.9 Å². The molecule has 0 aliphatic carbocycles. The normalized spacial score (nSPS) is 18.1. The van der Waals surface area contributed by atoms with Gasteiger partial charge in [0.25, 0.3) is 0 Å². The van der Waals surface area contributed by atoms with Crippen molar-refractivity contribution in [2.24, 2.45) is 0 Å². The van der Waals surface area contributed by atoms with Gasteiger partial charge in [-0.3, -0.25) is 4.79 Å². The maximum atomic E-state index is 11.5. The maximum Gasteiger partial charge on any atom is 0.307 e. The predicted molar refractivity (Wildman–Crippen MR) is 63.3 cm³/mol. The summed E-state index contributed by atoms with van der Waals surface area (Å²) in [5.41, 5.74) is 1.21. The molecule has 0 N–H and O–H groups in total. The number of thiazole rings is 1. The van der Waals surface area contributed by atoms with Crippen molar-refractivity contribution in [2.45, 2.75) is 12.5 Å². The van der Waals surface area contributed by atoms with Crippen LogP contribution in [0, 0.1) is 0 Å². The van der Waals surface area contributed by atoms with Crippen LogP contribution in [0.25, 0.3) is 0 Å². The Balaban J connectivity index is 1.89. The molecule has 0 radical (unpaired) electrons. The van der Waals surface area contributed by atoms with Gasteiger partial charge < -0.3 is 9.30 Å². The van der Waals surface area contributed by atoms with Crippen LogP contribution >= 0.6 is 11.3 Å². The molecule has 1 aliphatic rings. The van der Waals surface area contributed by atoms with Gasteiger partial charge in [-0.25, -0.2) is 0 Å². The minimum Gasteiger partial charge on any atom is -0.493 e. The third-order valence-electron chi connectivity index (χ3n) is 2.86. The van der Waals surface area contributed by atoms with E-state index in [4.69, 9.17) is 4.74 Å². The molecule has 3 rings (SSSR count). The van der Waals surface area contributed by atoms with E-state index in [0.717, 1.165) is 5.75 Å². The minimum atomic E-state index is 0.101. The van der Waals surface area contributed by atoms with Crippen molar-refractivity contribution in [1.82, 2.24) is 4.57 Å². The van der Waals surface area contributed by atoms with Crippen molar-refractivity contribution in [3.63, 3.8) is 0 Å². The van der Waals surface area contributed by atoms with Gasteiger partial charge in [0.2, 0.25) is 0 Å². The first kappa shape index (κ1) is 9.66. The second-order valence-corrected chi connectivity index (χ2v) is 4.72. The fourth-order valence-corrected chi connectivity index (χ4v) is 2.64. The van der Waals surface area contributed by atoms with Gasteiger partial charge in [0.05, 0.1) is 6.61 Å². The maximum absolute atomic E-state index is 11.5. The summed E-state index contributed by atoms with van der Waals surface area (Å²) in [4.78, 5) is 11.6. The Hall–Kier alpha value is -1.55. The van der Waals surface area contributed by atoms with Gasteiger partial charge in [-0.1, -0.05) is 29.5 Å². The van der Waals surface area contributed by atoms with E-state index < -0.39 is 0 Å². The second kappa shape index (κ2) is 3.79. The molecule has 0 fully saturated rings. The molecule has 0 saturated heterocycles. The summed E-state index contributed by atoms with van der Waals surface area (Å²) in [5, 5.41) is 1.82. The van der Waals surface area contributed by atoms with Crippen LogP contribution in [0.2, 0.25) is 0 Å². The quantitative estimate of drug-likeness (QED) is 0.795. The summed E-state index contributed by atoms with van der Waals surface area (Å²) in [6.07, 6.45) is 1.84. The molecule has 2 heterocycles. The molecule has 1 aliphatic heterocycles. The molecule has 0 spiro atoms. The molecular weight excluding hydrogens is 222 g/mol. The standard InChI is InChI=1S/C12H11NO2S/c14-12-13(5-6-16-12)7-9-8-15-11-4-2-1-3-10(9)11/h1-6,9H,7-8H2. The van der Waals surface area contributed by atoms with E-state index in [1.54, 1.807) is 4.57 Å². The van der Waals surface area contributed by atoms with Crippen LogP contribution in [0.3, 0.4) is 0 Å². The molecule has 0 saturated carbocycles. The number of fused-ring (bicyclic) bond motifs is 1. The highest BCUT2D eigenvalue weighted by atomic mass is 32.1. The number of aromatic nitrogens is 1. The zero-order valence-corrected chi connectivity index (χ0v) is 9.44. The molecule has 1 aromatic heterocycles. The Kier molecular flexibility index (Phi) is 2.29. The highest BCUT2D eigenvalue weighted by molar-refractivity contribution is 7.07. The van der Waals surface area contributed by atoms with E-state index in [9.17, 15) is 4.79 Å². The molecule has 4 heteroatoms. The van der Waals surface area contributed by atoms with Crippen LogP contribution in [0.1, 0.15) is 11.5 Å². The highest BCUT2D eigenvalue weighted by Gasteiger charge is 2.24. The van der Waals surface area contributed by atoms with Crippen LogP contribution in [0.15, 0.2) is 40.6 Å². The third kappa shape index (κ3) is 1.55. The zero-order valence-electron chi connectivity index (χ0n) is 8.63. The minimum absolute atomic E-state index is 0.101. The molecule has 82 valence electrons. The summed E-state index contributed by atoms with van der Waals surface area (Å²) in [5.74, 6) is 1.25. The molecular formula is C12H11NO2S. The average Bonchev–Trinajstić information content (AvgIpc) is 2.88. The molecule has 0 amide bonds. The zero-order chi connectivity index (χ0) is 11.0. The summed E-state index contributed by atoms with van der Waals surface area (Å²) in [6, 6.07) is 8.03. The van der Waals surface area contributed by atoms with Crippen LogP contribution < -0.4 is 9.61 Å². The summed E-state index contributed by atoms with van der Waals surface area (Å²) in [7, 11) is 0. The fourth-order valence-electron chi connectivity index (χ4n) is 2.04. The largest absolute Gasteiger partial charge is 0.493 e. The Morgan fingerprint density at radius 3 is 3.12 bits per heavy atom. The van der Waals surface area contributed by atoms with Gasteiger partial charge in [0, 0.05) is 29.6 Å². The molecule has 1 unspecified atom stereocenters. The van der Waals surface area contributed by atoms with Crippen molar-refractivity contribution in [3.05, 3.63) is 51.1 Å². The van der Waals surface area contributed by atoms with Gasteiger partial charge >= 0.3 is 4.87 Å². The van der Waals surface area contributed by atoms with Gasteiger partial charge in [-0.05, 0) is 6.07 Å². The number of benzene rings is 1. The topological polar surface area (TPSA) is 31.2 Å². The van der Waals surface area contributed by atoms with Gasteiger partial charge in [0.15, 0.2) is 0 Å². The summed E-state index contributed by atoms with van der Waals surface area (Å²) in [6.45, 7) is 1.38. The van der Waals surface area contributed by atoms with Crippen LogP contribution in [-0.2, 0) is 6.54 Å². The average molecular weight is 233 g/mol. The van der Waals surface area contributed by atoms with E-state index >= 15 is 0 Å². The van der Waals surface area contributed by atoms with Crippen LogP contribution in [0.5, 0.6) is 5.75 Å². The van der Waals surface area contributed by atoms with Gasteiger partial charge in [-0.2, -0.15) is 0 Å². The SMILES string of the molecule is O=c1sccn1CC1COc2ccccc21. The van der Waals surface area contributed by atoms with Crippen LogP contribution in [0.4, 0.5) is 0 Å². The van der Waals surface area contributed by atoms with E-state index in [2.05, 4.69) is 6.07 Å². The van der Waals surface area contributed by atoms with Crippen molar-refractivity contribution in [1.29, 1.82) is 0 Å². The van der Waals surface area contributed by atoms with Gasteiger partial charge in [0.1, 0.15) is 5.75 Å². The lowest BCUT2D eigenvalue weighted by molar-refractivity contribution is 0.318. The van der Waals surface area contributed by atoms with E-state index in [0.29, 0.717) is 19.1 Å². The number of ether oxygens (including phenoxy) is 1. The highest BCUT2D eigenvalue weighted by Crippen LogP contribution is 2.34. The lowest BCUT2D eigenvalue weighted by atomic mass is 10.0. The van der Waals surface area contributed by atoms with Crippen molar-refractivity contribution in [2.75, 3.05) is 6.61 Å². The third-order valence-corrected chi connectivity index (χ3v) is 3.55. The fraction of sp³-hybridized carbons (Fsp3) is 0.250. The number of nitrogens with zero attached hydrogens (tertiary/aromatic N) is 1. The van der Waals surface area contributed by atoms with Crippen molar-refractivity contribution in [3.8, 4) is 5.75 Å². The molecule has 1 atom stereocenters. The molecule has 1 aromatic carbocycles. The molecule has 0 bridgehead atoms. The van der Waals surface area contributed by atoms with E-state index in [-0.39, 0.29) is 4.87 Å². The first-order chi connectivity index (χ1) is 7.84. The smallest absolute Gasteiger partial charge is 0.307 e. The lowest BCUT2D eigenvalue weighted by Gasteiger charge is -2.08. The first-order valence-electron chi connectivity index (χ1n) is 5.20. The van der Waals surface area contributed by atoms with Gasteiger partial charge in [-0.15, -0.1) is 0 Å². The Morgan fingerprint density at radius 2 is 2.31 bits per heavy atom. The Bertz CT molecular complexity index is 558. The number of hydrogen-bond donors (Lipinski definition) is 0. The summed E-state index contributed by atoms with van der Waals surface area (Å²) >= 11 is 1.24. The summed E-state index contributed by atoms with van der Waals surface area (Å²) < 4.78 is 7.34. The lowest BCUT2D eigenvalue weighted by Crippen LogP contribution is -2.18. The predicted octanol–water partition coefficient (Wildman–Crippen LogP) is 2.09. The van der Waals surface area contributed by atoms with Crippen LogP contribution in [-0.4, -0.2) is 11.2 Å². The van der Waals surface area contributed by atoms with E-state index in [1.807, 2.05) is 29.8 Å². The Morgan fingerprint density at radius 1 is 1.44 bits per heavy atom. The monoisotopic (exact) mass is 233 g/mol. The van der Waals surface area contributed by atoms with Crippen molar-refractivity contribution >= 4 is 11.3 Å².